The Morgan fingerprint density at radius 3 is 2.53 bits per heavy atom. The van der Waals surface area contributed by atoms with E-state index in [4.69, 9.17) is 0 Å². The van der Waals surface area contributed by atoms with Gasteiger partial charge in [-0.25, -0.2) is 9.97 Å². The second kappa shape index (κ2) is 6.49. The molecular weight excluding hydrogens is 485 g/mol. The van der Waals surface area contributed by atoms with E-state index in [0.717, 1.165) is 26.4 Å². The van der Waals surface area contributed by atoms with Crippen LogP contribution in [0.4, 0.5) is 11.5 Å². The van der Waals surface area contributed by atoms with Crippen molar-refractivity contribution in [1.29, 1.82) is 0 Å². The zero-order valence-corrected chi connectivity index (χ0v) is 15.7. The van der Waals surface area contributed by atoms with Gasteiger partial charge in [0.1, 0.15) is 16.2 Å². The van der Waals surface area contributed by atoms with Gasteiger partial charge < -0.3 is 5.32 Å². The van der Waals surface area contributed by atoms with Crippen molar-refractivity contribution in [3.8, 4) is 0 Å². The van der Waals surface area contributed by atoms with Crippen molar-refractivity contribution in [3.05, 3.63) is 42.7 Å². The summed E-state index contributed by atoms with van der Waals surface area (Å²) in [5.41, 5.74) is 0.987. The second-order valence-corrected chi connectivity index (χ2v) is 7.25. The van der Waals surface area contributed by atoms with Gasteiger partial charge in [-0.2, -0.15) is 0 Å². The summed E-state index contributed by atoms with van der Waals surface area (Å²) in [4.78, 5) is 8.88. The van der Waals surface area contributed by atoms with Crippen molar-refractivity contribution in [1.82, 2.24) is 9.97 Å². The number of nitrogens with zero attached hydrogens (tertiary/aromatic N) is 2. The van der Waals surface area contributed by atoms with E-state index in [1.807, 2.05) is 18.2 Å². The van der Waals surface area contributed by atoms with E-state index < -0.39 is 0 Å². The van der Waals surface area contributed by atoms with E-state index in [0.29, 0.717) is 5.92 Å². The van der Waals surface area contributed by atoms with Gasteiger partial charge in [0.25, 0.3) is 0 Å². The van der Waals surface area contributed by atoms with Crippen LogP contribution in [0.3, 0.4) is 0 Å². The Balaban J connectivity index is 2.32. The molecule has 0 aliphatic heterocycles. The fourth-order valence-electron chi connectivity index (χ4n) is 1.49. The molecule has 6 heteroatoms. The fraction of sp³-hybridized carbons (Fsp3) is 0.231. The van der Waals surface area contributed by atoms with Crippen LogP contribution < -0.4 is 5.32 Å². The lowest BCUT2D eigenvalue weighted by molar-refractivity contribution is 0.771. The van der Waals surface area contributed by atoms with Crippen LogP contribution in [0.25, 0.3) is 0 Å². The van der Waals surface area contributed by atoms with Crippen molar-refractivity contribution in [2.75, 3.05) is 5.32 Å². The number of benzene rings is 1. The topological polar surface area (TPSA) is 37.8 Å². The Kier molecular flexibility index (Phi) is 5.19. The Labute approximate surface area is 143 Å². The first-order valence-corrected chi connectivity index (χ1v) is 8.38. The van der Waals surface area contributed by atoms with Crippen molar-refractivity contribution in [2.24, 2.45) is 0 Å². The Morgan fingerprint density at radius 2 is 1.89 bits per heavy atom. The van der Waals surface area contributed by atoms with Gasteiger partial charge in [-0.3, -0.25) is 0 Å². The SMILES string of the molecule is CC(C)c1nc(Br)cc(Nc2ccc(I)cc2Br)n1. The molecule has 1 heterocycles. The van der Waals surface area contributed by atoms with Gasteiger partial charge in [0.15, 0.2) is 0 Å². The summed E-state index contributed by atoms with van der Waals surface area (Å²) >= 11 is 9.25. The molecule has 1 N–H and O–H groups in total. The number of rotatable bonds is 3. The maximum atomic E-state index is 4.52. The lowest BCUT2D eigenvalue weighted by atomic mass is 10.2. The zero-order valence-electron chi connectivity index (χ0n) is 10.4. The fourth-order valence-corrected chi connectivity index (χ4v) is 3.28. The van der Waals surface area contributed by atoms with Gasteiger partial charge >= 0.3 is 0 Å². The number of anilines is 2. The number of nitrogens with one attached hydrogen (secondary N) is 1. The molecule has 0 aliphatic rings. The molecule has 19 heavy (non-hydrogen) atoms. The third kappa shape index (κ3) is 4.13. The lowest BCUT2D eigenvalue weighted by Gasteiger charge is -2.11. The second-order valence-electron chi connectivity index (χ2n) is 4.34. The zero-order chi connectivity index (χ0) is 14.0. The maximum Gasteiger partial charge on any atom is 0.135 e. The molecule has 0 saturated carbocycles. The molecule has 0 spiro atoms. The van der Waals surface area contributed by atoms with E-state index in [1.165, 1.54) is 3.57 Å². The molecule has 0 atom stereocenters. The molecule has 0 unspecified atom stereocenters. The third-order valence-corrected chi connectivity index (χ3v) is 4.16. The molecule has 0 bridgehead atoms. The van der Waals surface area contributed by atoms with Crippen LogP contribution in [0, 0.1) is 3.57 Å². The highest BCUT2D eigenvalue weighted by molar-refractivity contribution is 14.1. The minimum atomic E-state index is 0.290. The summed E-state index contributed by atoms with van der Waals surface area (Å²) < 4.78 is 2.98. The highest BCUT2D eigenvalue weighted by atomic mass is 127. The monoisotopic (exact) mass is 495 g/mol. The van der Waals surface area contributed by atoms with Crippen LogP contribution in [-0.2, 0) is 0 Å². The molecule has 1 aromatic heterocycles. The van der Waals surface area contributed by atoms with Crippen molar-refractivity contribution >= 4 is 66.0 Å². The van der Waals surface area contributed by atoms with Crippen LogP contribution in [-0.4, -0.2) is 9.97 Å². The molecule has 2 rings (SSSR count). The molecule has 3 nitrogen and oxygen atoms in total. The van der Waals surface area contributed by atoms with Crippen LogP contribution >= 0.6 is 54.5 Å². The quantitative estimate of drug-likeness (QED) is 0.452. The van der Waals surface area contributed by atoms with Gasteiger partial charge in [0.2, 0.25) is 0 Å². The highest BCUT2D eigenvalue weighted by Crippen LogP contribution is 2.28. The molecule has 100 valence electrons. The molecule has 0 fully saturated rings. The van der Waals surface area contributed by atoms with Crippen LogP contribution in [0.1, 0.15) is 25.6 Å². The largest absolute Gasteiger partial charge is 0.339 e. The summed E-state index contributed by atoms with van der Waals surface area (Å²) in [6, 6.07) is 8.00. The summed E-state index contributed by atoms with van der Waals surface area (Å²) in [6.45, 7) is 4.15. The highest BCUT2D eigenvalue weighted by Gasteiger charge is 2.08. The summed E-state index contributed by atoms with van der Waals surface area (Å²) in [5.74, 6) is 1.89. The van der Waals surface area contributed by atoms with E-state index in [9.17, 15) is 0 Å². The normalized spacial score (nSPS) is 10.8. The lowest BCUT2D eigenvalue weighted by Crippen LogP contribution is -2.02. The van der Waals surface area contributed by atoms with Crippen LogP contribution in [0.2, 0.25) is 0 Å². The van der Waals surface area contributed by atoms with Gasteiger partial charge in [0.05, 0.1) is 5.69 Å². The average Bonchev–Trinajstić information content (AvgIpc) is 2.32. The Bertz CT molecular complexity index is 602. The van der Waals surface area contributed by atoms with Crippen molar-refractivity contribution in [3.63, 3.8) is 0 Å². The van der Waals surface area contributed by atoms with Crippen molar-refractivity contribution in [2.45, 2.75) is 19.8 Å². The number of halogens is 3. The van der Waals surface area contributed by atoms with Crippen molar-refractivity contribution < 1.29 is 0 Å². The number of hydrogen-bond acceptors (Lipinski definition) is 3. The molecule has 0 amide bonds. The summed E-state index contributed by atoms with van der Waals surface area (Å²) in [7, 11) is 0. The predicted octanol–water partition coefficient (Wildman–Crippen LogP) is 5.47. The number of aromatic nitrogens is 2. The van der Waals surface area contributed by atoms with E-state index in [-0.39, 0.29) is 0 Å². The first-order chi connectivity index (χ1) is 8.95. The van der Waals surface area contributed by atoms with E-state index in [2.05, 4.69) is 89.6 Å². The van der Waals surface area contributed by atoms with E-state index >= 15 is 0 Å². The summed E-state index contributed by atoms with van der Waals surface area (Å²) in [6.07, 6.45) is 0. The smallest absolute Gasteiger partial charge is 0.135 e. The maximum absolute atomic E-state index is 4.52. The van der Waals surface area contributed by atoms with Gasteiger partial charge in [0, 0.05) is 20.0 Å². The first-order valence-electron chi connectivity index (χ1n) is 5.72. The molecule has 2 aromatic rings. The molecular formula is C13H12Br2IN3. The third-order valence-electron chi connectivity index (χ3n) is 2.42. The predicted molar refractivity (Wildman–Crippen MR) is 94.0 cm³/mol. The molecule has 0 aliphatic carbocycles. The first kappa shape index (κ1) is 15.2. The summed E-state index contributed by atoms with van der Waals surface area (Å²) in [5, 5.41) is 3.30. The molecule has 1 aromatic carbocycles. The number of hydrogen-bond donors (Lipinski definition) is 1. The Hall–Kier alpha value is -0.210. The Morgan fingerprint density at radius 1 is 1.16 bits per heavy atom. The minimum Gasteiger partial charge on any atom is -0.339 e. The average molecular weight is 497 g/mol. The van der Waals surface area contributed by atoms with E-state index in [1.54, 1.807) is 0 Å². The molecule has 0 saturated heterocycles. The van der Waals surface area contributed by atoms with Gasteiger partial charge in [-0.15, -0.1) is 0 Å². The minimum absolute atomic E-state index is 0.290. The van der Waals surface area contributed by atoms with Crippen LogP contribution in [0.15, 0.2) is 33.3 Å². The standard InChI is InChI=1S/C13H12Br2IN3/c1-7(2)13-18-11(15)6-12(19-13)17-10-4-3-8(16)5-9(10)14/h3-7H,1-2H3,(H,17,18,19). The van der Waals surface area contributed by atoms with Gasteiger partial charge in [-0.05, 0) is 72.6 Å². The molecule has 0 radical (unpaired) electrons. The van der Waals surface area contributed by atoms with Crippen LogP contribution in [0.5, 0.6) is 0 Å². The van der Waals surface area contributed by atoms with Gasteiger partial charge in [-0.1, -0.05) is 13.8 Å².